The van der Waals surface area contributed by atoms with Crippen LogP contribution in [0.5, 0.6) is 0 Å². The summed E-state index contributed by atoms with van der Waals surface area (Å²) in [5, 5.41) is 3.79. The first-order chi connectivity index (χ1) is 8.44. The van der Waals surface area contributed by atoms with Crippen molar-refractivity contribution in [2.24, 2.45) is 17.3 Å². The molecule has 1 nitrogen and oxygen atoms in total. The monoisotopic (exact) mass is 251 g/mol. The van der Waals surface area contributed by atoms with E-state index in [2.05, 4.69) is 33.0 Å². The highest BCUT2D eigenvalue weighted by atomic mass is 15.0. The molecule has 0 saturated heterocycles. The van der Waals surface area contributed by atoms with Gasteiger partial charge >= 0.3 is 0 Å². The molecule has 2 aliphatic carbocycles. The van der Waals surface area contributed by atoms with Crippen molar-refractivity contribution in [3.63, 3.8) is 0 Å². The van der Waals surface area contributed by atoms with Gasteiger partial charge in [0.05, 0.1) is 0 Å². The molecular weight excluding hydrogens is 218 g/mol. The zero-order chi connectivity index (χ0) is 13.2. The molecule has 0 radical (unpaired) electrons. The van der Waals surface area contributed by atoms with Gasteiger partial charge in [-0.1, -0.05) is 32.6 Å². The summed E-state index contributed by atoms with van der Waals surface area (Å²) in [6, 6.07) is 0. The number of hydrogen-bond donors (Lipinski definition) is 1. The highest BCUT2D eigenvalue weighted by molar-refractivity contribution is 5.04. The van der Waals surface area contributed by atoms with Gasteiger partial charge in [-0.05, 0) is 63.7 Å². The topological polar surface area (TPSA) is 12.0 Å². The maximum atomic E-state index is 3.79. The van der Waals surface area contributed by atoms with Gasteiger partial charge in [0.25, 0.3) is 0 Å². The third-order valence-electron chi connectivity index (χ3n) is 5.01. The zero-order valence-corrected chi connectivity index (χ0v) is 13.0. The molecule has 18 heavy (non-hydrogen) atoms. The Bertz CT molecular complexity index is 253. The highest BCUT2D eigenvalue weighted by Gasteiger charge is 2.53. The van der Waals surface area contributed by atoms with Crippen molar-refractivity contribution >= 4 is 0 Å². The van der Waals surface area contributed by atoms with E-state index in [1.807, 2.05) is 0 Å². The first-order valence-electron chi connectivity index (χ1n) is 8.19. The molecule has 0 heterocycles. The van der Waals surface area contributed by atoms with Crippen LogP contribution in [0.1, 0.15) is 79.1 Å². The van der Waals surface area contributed by atoms with Gasteiger partial charge in [0, 0.05) is 12.1 Å². The largest absolute Gasteiger partial charge is 0.312 e. The quantitative estimate of drug-likeness (QED) is 0.643. The summed E-state index contributed by atoms with van der Waals surface area (Å²) in [5.41, 5.74) is 0.942. The van der Waals surface area contributed by atoms with Crippen LogP contribution in [0.15, 0.2) is 0 Å². The Hall–Kier alpha value is -0.0400. The van der Waals surface area contributed by atoms with Crippen LogP contribution < -0.4 is 5.32 Å². The van der Waals surface area contributed by atoms with Gasteiger partial charge in [0.2, 0.25) is 0 Å². The fourth-order valence-electron chi connectivity index (χ4n) is 3.82. The molecule has 0 aliphatic heterocycles. The van der Waals surface area contributed by atoms with Crippen LogP contribution in [0.3, 0.4) is 0 Å². The molecule has 2 fully saturated rings. The van der Waals surface area contributed by atoms with E-state index in [-0.39, 0.29) is 5.54 Å². The van der Waals surface area contributed by atoms with Crippen molar-refractivity contribution < 1.29 is 0 Å². The Morgan fingerprint density at radius 3 is 2.28 bits per heavy atom. The lowest BCUT2D eigenvalue weighted by Crippen LogP contribution is -2.43. The summed E-state index contributed by atoms with van der Waals surface area (Å²) in [6.07, 6.45) is 11.8. The van der Waals surface area contributed by atoms with E-state index in [0.29, 0.717) is 5.41 Å². The lowest BCUT2D eigenvalue weighted by molar-refractivity contribution is 0.200. The second-order valence-electron chi connectivity index (χ2n) is 8.08. The average Bonchev–Trinajstić information content (AvgIpc) is 2.90. The minimum absolute atomic E-state index is 0.281. The number of rotatable bonds is 7. The van der Waals surface area contributed by atoms with Crippen LogP contribution in [0, 0.1) is 17.3 Å². The van der Waals surface area contributed by atoms with Crippen molar-refractivity contribution in [1.82, 2.24) is 5.32 Å². The van der Waals surface area contributed by atoms with Gasteiger partial charge < -0.3 is 5.32 Å². The van der Waals surface area contributed by atoms with Gasteiger partial charge in [-0.15, -0.1) is 0 Å². The van der Waals surface area contributed by atoms with E-state index in [1.54, 1.807) is 6.42 Å². The van der Waals surface area contributed by atoms with Gasteiger partial charge in [-0.25, -0.2) is 0 Å². The molecule has 0 spiro atoms. The fraction of sp³-hybridized carbons (Fsp3) is 1.00. The van der Waals surface area contributed by atoms with E-state index >= 15 is 0 Å². The van der Waals surface area contributed by atoms with Gasteiger partial charge in [-0.3, -0.25) is 0 Å². The predicted molar refractivity (Wildman–Crippen MR) is 79.8 cm³/mol. The molecule has 1 heteroatoms. The van der Waals surface area contributed by atoms with Crippen molar-refractivity contribution in [1.29, 1.82) is 0 Å². The molecular formula is C17H33N. The lowest BCUT2D eigenvalue weighted by Gasteiger charge is -2.35. The molecule has 2 rings (SSSR count). The van der Waals surface area contributed by atoms with Crippen LogP contribution in [-0.4, -0.2) is 12.1 Å². The van der Waals surface area contributed by atoms with Crippen molar-refractivity contribution in [3.8, 4) is 0 Å². The number of fused-ring (bicyclic) bond motifs is 1. The minimum Gasteiger partial charge on any atom is -0.312 e. The maximum absolute atomic E-state index is 3.79. The summed E-state index contributed by atoms with van der Waals surface area (Å²) in [5.74, 6) is 2.22. The third-order valence-corrected chi connectivity index (χ3v) is 5.01. The van der Waals surface area contributed by atoms with Crippen LogP contribution in [0.4, 0.5) is 0 Å². The Morgan fingerprint density at radius 1 is 1.06 bits per heavy atom. The molecule has 0 bridgehead atoms. The summed E-state index contributed by atoms with van der Waals surface area (Å²) in [6.45, 7) is 10.5. The second-order valence-corrected chi connectivity index (χ2v) is 8.08. The SMILES string of the molecule is CCCCCCC1(CNC(C)(C)C)CC2CC2C1. The Kier molecular flexibility index (Phi) is 4.41. The standard InChI is InChI=1S/C17H33N/c1-5-6-7-8-9-17(13-18-16(2,3)4)11-14-10-15(14)12-17/h14-15,18H,5-13H2,1-4H3. The molecule has 2 aliphatic rings. The van der Waals surface area contributed by atoms with Crippen molar-refractivity contribution in [2.75, 3.05) is 6.54 Å². The molecule has 0 aromatic rings. The van der Waals surface area contributed by atoms with E-state index in [0.717, 1.165) is 11.8 Å². The Labute approximate surface area is 114 Å². The van der Waals surface area contributed by atoms with Crippen LogP contribution in [0.2, 0.25) is 0 Å². The van der Waals surface area contributed by atoms with E-state index in [1.165, 1.54) is 51.5 Å². The average molecular weight is 251 g/mol. The molecule has 2 atom stereocenters. The molecule has 2 unspecified atom stereocenters. The fourth-order valence-corrected chi connectivity index (χ4v) is 3.82. The van der Waals surface area contributed by atoms with E-state index in [9.17, 15) is 0 Å². The molecule has 0 aromatic carbocycles. The normalized spacial score (nSPS) is 34.7. The van der Waals surface area contributed by atoms with E-state index in [4.69, 9.17) is 0 Å². The summed E-state index contributed by atoms with van der Waals surface area (Å²) < 4.78 is 0. The molecule has 2 saturated carbocycles. The second kappa shape index (κ2) is 5.53. The number of hydrogen-bond acceptors (Lipinski definition) is 1. The Morgan fingerprint density at radius 2 is 1.72 bits per heavy atom. The first kappa shape index (κ1) is 14.4. The number of unbranched alkanes of at least 4 members (excludes halogenated alkanes) is 3. The highest BCUT2D eigenvalue weighted by Crippen LogP contribution is 2.61. The summed E-state index contributed by atoms with van der Waals surface area (Å²) in [4.78, 5) is 0. The molecule has 0 amide bonds. The van der Waals surface area contributed by atoms with Crippen LogP contribution >= 0.6 is 0 Å². The summed E-state index contributed by atoms with van der Waals surface area (Å²) >= 11 is 0. The number of nitrogens with one attached hydrogen (secondary N) is 1. The molecule has 1 N–H and O–H groups in total. The van der Waals surface area contributed by atoms with Gasteiger partial charge in [0.1, 0.15) is 0 Å². The minimum atomic E-state index is 0.281. The first-order valence-corrected chi connectivity index (χ1v) is 8.19. The third kappa shape index (κ3) is 3.98. The van der Waals surface area contributed by atoms with Crippen LogP contribution in [0.25, 0.3) is 0 Å². The van der Waals surface area contributed by atoms with Gasteiger partial charge in [0.15, 0.2) is 0 Å². The molecule has 0 aromatic heterocycles. The lowest BCUT2D eigenvalue weighted by atomic mass is 9.77. The Balaban J connectivity index is 1.80. The zero-order valence-electron chi connectivity index (χ0n) is 13.0. The van der Waals surface area contributed by atoms with E-state index < -0.39 is 0 Å². The van der Waals surface area contributed by atoms with Crippen molar-refractivity contribution in [2.45, 2.75) is 84.6 Å². The smallest absolute Gasteiger partial charge is 0.00967 e. The molecule has 106 valence electrons. The van der Waals surface area contributed by atoms with Crippen LogP contribution in [-0.2, 0) is 0 Å². The summed E-state index contributed by atoms with van der Waals surface area (Å²) in [7, 11) is 0. The predicted octanol–water partition coefficient (Wildman–Crippen LogP) is 4.76. The maximum Gasteiger partial charge on any atom is 0.00967 e. The van der Waals surface area contributed by atoms with Crippen molar-refractivity contribution in [3.05, 3.63) is 0 Å². The van der Waals surface area contributed by atoms with Gasteiger partial charge in [-0.2, -0.15) is 0 Å².